The lowest BCUT2D eigenvalue weighted by Gasteiger charge is -2.39. The van der Waals surface area contributed by atoms with E-state index in [1.54, 1.807) is 11.8 Å². The van der Waals surface area contributed by atoms with Gasteiger partial charge in [-0.25, -0.2) is 9.59 Å². The zero-order chi connectivity index (χ0) is 39.7. The number of carboxylic acids is 2. The summed E-state index contributed by atoms with van der Waals surface area (Å²) in [6, 6.07) is 22.4. The standard InChI is InChI=1S/C32H37ClN4OS.2C2HF3O2/c1-21(28-18-34-29-8-6-5-7-27(28)29)31(35-17-22-9-12-26(39-4)13-10-22)32(38)37-20-23(19-36(2)3)15-24-16-25(33)11-14-30(24)37;2*3-2(4,5)1(6)7/h5-14,16,18,21,23,31,34-35H,15,17,19-20H2,1-4H3;2*(H,6,7)/t21?,23-,31?;;/m1../s1. The van der Waals surface area contributed by atoms with Gasteiger partial charge in [0.05, 0.1) is 6.04 Å². The molecule has 17 heteroatoms. The number of carboxylic acid groups (broad SMARTS) is 2. The van der Waals surface area contributed by atoms with Crippen molar-refractivity contribution in [1.82, 2.24) is 15.2 Å². The first-order valence-electron chi connectivity index (χ1n) is 16.0. The molecule has 0 saturated carbocycles. The van der Waals surface area contributed by atoms with Gasteiger partial charge in [-0.15, -0.1) is 11.8 Å². The molecule has 288 valence electrons. The Kier molecular flexibility index (Phi) is 15.2. The van der Waals surface area contributed by atoms with Crippen LogP contribution in [0.5, 0.6) is 0 Å². The third kappa shape index (κ3) is 12.4. The molecule has 3 atom stereocenters. The highest BCUT2D eigenvalue weighted by Gasteiger charge is 2.39. The summed E-state index contributed by atoms with van der Waals surface area (Å²) in [6.45, 7) is 4.37. The molecule has 4 N–H and O–H groups in total. The maximum absolute atomic E-state index is 14.6. The Morgan fingerprint density at radius 1 is 0.981 bits per heavy atom. The van der Waals surface area contributed by atoms with E-state index >= 15 is 0 Å². The van der Waals surface area contributed by atoms with Crippen molar-refractivity contribution in [2.24, 2.45) is 5.92 Å². The van der Waals surface area contributed by atoms with Crippen LogP contribution in [0.4, 0.5) is 32.0 Å². The van der Waals surface area contributed by atoms with E-state index in [0.29, 0.717) is 24.0 Å². The van der Waals surface area contributed by atoms with E-state index in [0.717, 1.165) is 46.2 Å². The number of carbonyl (C=O) groups excluding carboxylic acids is 1. The van der Waals surface area contributed by atoms with E-state index in [1.807, 2.05) is 29.2 Å². The van der Waals surface area contributed by atoms with Gasteiger partial charge in [0.15, 0.2) is 0 Å². The highest BCUT2D eigenvalue weighted by atomic mass is 35.5. The highest BCUT2D eigenvalue weighted by molar-refractivity contribution is 7.98. The van der Waals surface area contributed by atoms with Gasteiger partial charge in [-0.2, -0.15) is 26.3 Å². The second kappa shape index (κ2) is 18.7. The number of aliphatic carboxylic acids is 2. The third-order valence-electron chi connectivity index (χ3n) is 8.22. The molecule has 2 heterocycles. The van der Waals surface area contributed by atoms with E-state index in [4.69, 9.17) is 31.4 Å². The number of nitrogens with one attached hydrogen (secondary N) is 2. The SMILES string of the molecule is CSc1ccc(CNC(C(=O)N2C[C@@H](CN(C)C)Cc3cc(Cl)ccc32)C(C)c2c[nH]c3ccccc23)cc1.O=C(O)C(F)(F)F.O=C(O)C(F)(F)F. The zero-order valence-electron chi connectivity index (χ0n) is 29.1. The summed E-state index contributed by atoms with van der Waals surface area (Å²) in [5, 5.41) is 19.8. The number of rotatable bonds is 9. The lowest BCUT2D eigenvalue weighted by molar-refractivity contribution is -0.193. The van der Waals surface area contributed by atoms with Crippen LogP contribution >= 0.6 is 23.4 Å². The monoisotopic (exact) mass is 788 g/mol. The number of aromatic amines is 1. The number of carbonyl (C=O) groups is 3. The predicted octanol–water partition coefficient (Wildman–Crippen LogP) is 7.84. The van der Waals surface area contributed by atoms with Crippen LogP contribution in [0, 0.1) is 5.92 Å². The summed E-state index contributed by atoms with van der Waals surface area (Å²) in [5.74, 6) is -5.14. The van der Waals surface area contributed by atoms with E-state index in [-0.39, 0.29) is 11.8 Å². The first kappa shape index (κ1) is 43.2. The zero-order valence-corrected chi connectivity index (χ0v) is 30.6. The van der Waals surface area contributed by atoms with Crippen LogP contribution in [0.2, 0.25) is 5.02 Å². The Morgan fingerprint density at radius 2 is 1.57 bits per heavy atom. The first-order valence-corrected chi connectivity index (χ1v) is 17.6. The van der Waals surface area contributed by atoms with Gasteiger partial charge in [0.1, 0.15) is 0 Å². The number of hydrogen-bond donors (Lipinski definition) is 4. The van der Waals surface area contributed by atoms with Crippen molar-refractivity contribution in [3.63, 3.8) is 0 Å². The number of benzene rings is 3. The summed E-state index contributed by atoms with van der Waals surface area (Å²) in [5.41, 5.74) is 5.50. The van der Waals surface area contributed by atoms with Crippen LogP contribution in [0.25, 0.3) is 10.9 Å². The number of hydrogen-bond acceptors (Lipinski definition) is 6. The molecule has 0 spiro atoms. The molecule has 1 aliphatic rings. The van der Waals surface area contributed by atoms with E-state index < -0.39 is 30.3 Å². The van der Waals surface area contributed by atoms with Crippen LogP contribution in [-0.4, -0.2) is 89.8 Å². The number of aromatic nitrogens is 1. The summed E-state index contributed by atoms with van der Waals surface area (Å²) in [7, 11) is 4.18. The number of fused-ring (bicyclic) bond motifs is 2. The van der Waals surface area contributed by atoms with Crippen LogP contribution in [0.1, 0.15) is 29.5 Å². The minimum absolute atomic E-state index is 0.0518. The van der Waals surface area contributed by atoms with Crippen molar-refractivity contribution in [1.29, 1.82) is 0 Å². The van der Waals surface area contributed by atoms with Crippen LogP contribution in [-0.2, 0) is 27.3 Å². The normalized spacial score (nSPS) is 15.4. The molecule has 1 aliphatic heterocycles. The average molecular weight is 789 g/mol. The van der Waals surface area contributed by atoms with Gasteiger partial charge < -0.3 is 30.3 Å². The van der Waals surface area contributed by atoms with Gasteiger partial charge in [-0.1, -0.05) is 48.9 Å². The number of amides is 1. The van der Waals surface area contributed by atoms with Crippen molar-refractivity contribution in [2.45, 2.75) is 49.1 Å². The highest BCUT2D eigenvalue weighted by Crippen LogP contribution is 2.35. The smallest absolute Gasteiger partial charge is 0.475 e. The van der Waals surface area contributed by atoms with Gasteiger partial charge in [0.2, 0.25) is 5.91 Å². The molecule has 4 aromatic rings. The Balaban J connectivity index is 0.000000458. The van der Waals surface area contributed by atoms with Crippen molar-refractivity contribution in [3.8, 4) is 0 Å². The minimum Gasteiger partial charge on any atom is -0.475 e. The Hall–Kier alpha value is -4.25. The summed E-state index contributed by atoms with van der Waals surface area (Å²) >= 11 is 8.13. The van der Waals surface area contributed by atoms with Gasteiger partial charge in [0, 0.05) is 58.3 Å². The van der Waals surface area contributed by atoms with Gasteiger partial charge in [-0.05, 0) is 85.8 Å². The Morgan fingerprint density at radius 3 is 2.11 bits per heavy atom. The molecule has 0 fully saturated rings. The number of nitrogens with zero attached hydrogens (tertiary/aromatic N) is 2. The molecule has 2 unspecified atom stereocenters. The van der Waals surface area contributed by atoms with Crippen molar-refractivity contribution in [3.05, 3.63) is 94.6 Å². The van der Waals surface area contributed by atoms with Gasteiger partial charge in [-0.3, -0.25) is 4.79 Å². The number of thioether (sulfide) groups is 1. The number of anilines is 1. The number of halogens is 7. The first-order chi connectivity index (χ1) is 24.7. The fourth-order valence-electron chi connectivity index (χ4n) is 5.83. The Bertz CT molecular complexity index is 1830. The fraction of sp³-hybridized carbons (Fsp3) is 0.361. The molecule has 1 amide bonds. The molecular weight excluding hydrogens is 750 g/mol. The summed E-state index contributed by atoms with van der Waals surface area (Å²) < 4.78 is 63.5. The molecule has 3 aromatic carbocycles. The van der Waals surface area contributed by atoms with E-state index in [2.05, 4.69) is 91.1 Å². The van der Waals surface area contributed by atoms with Gasteiger partial charge in [0.25, 0.3) is 0 Å². The van der Waals surface area contributed by atoms with Crippen LogP contribution < -0.4 is 10.2 Å². The molecule has 0 saturated heterocycles. The predicted molar refractivity (Wildman–Crippen MR) is 192 cm³/mol. The molecule has 9 nitrogen and oxygen atoms in total. The molecule has 5 rings (SSSR count). The Labute approximate surface area is 311 Å². The molecule has 53 heavy (non-hydrogen) atoms. The molecule has 0 radical (unpaired) electrons. The summed E-state index contributed by atoms with van der Waals surface area (Å²) in [4.78, 5) is 41.2. The van der Waals surface area contributed by atoms with Crippen molar-refractivity contribution < 1.29 is 50.9 Å². The molecule has 0 aliphatic carbocycles. The lowest BCUT2D eigenvalue weighted by Crippen LogP contribution is -2.52. The molecule has 1 aromatic heterocycles. The second-order valence-corrected chi connectivity index (χ2v) is 13.8. The van der Waals surface area contributed by atoms with E-state index in [1.165, 1.54) is 4.90 Å². The maximum Gasteiger partial charge on any atom is 0.490 e. The number of alkyl halides is 6. The third-order valence-corrected chi connectivity index (χ3v) is 9.20. The lowest BCUT2D eigenvalue weighted by atomic mass is 9.88. The topological polar surface area (TPSA) is 126 Å². The molecular formula is C36H39ClF6N4O5S. The minimum atomic E-state index is -5.08. The number of H-pyrrole nitrogens is 1. The van der Waals surface area contributed by atoms with E-state index in [9.17, 15) is 31.1 Å². The summed E-state index contributed by atoms with van der Waals surface area (Å²) in [6.07, 6.45) is -5.11. The number of para-hydroxylation sites is 1. The van der Waals surface area contributed by atoms with Gasteiger partial charge >= 0.3 is 24.3 Å². The van der Waals surface area contributed by atoms with Crippen LogP contribution in [0.15, 0.2) is 77.8 Å². The fourth-order valence-corrected chi connectivity index (χ4v) is 6.43. The largest absolute Gasteiger partial charge is 0.490 e. The van der Waals surface area contributed by atoms with Crippen molar-refractivity contribution >= 4 is 57.8 Å². The second-order valence-electron chi connectivity index (χ2n) is 12.4. The average Bonchev–Trinajstić information content (AvgIpc) is 3.51. The van der Waals surface area contributed by atoms with Crippen molar-refractivity contribution in [2.75, 3.05) is 38.3 Å². The maximum atomic E-state index is 14.6. The van der Waals surface area contributed by atoms with Crippen LogP contribution in [0.3, 0.4) is 0 Å². The molecule has 0 bridgehead atoms. The quantitative estimate of drug-likeness (QED) is 0.1000.